The topological polar surface area (TPSA) is 84.9 Å². The third kappa shape index (κ3) is 5.40. The van der Waals surface area contributed by atoms with Crippen LogP contribution in [-0.4, -0.2) is 36.1 Å². The summed E-state index contributed by atoms with van der Waals surface area (Å²) in [6.07, 6.45) is 1.43. The third-order valence-corrected chi connectivity index (χ3v) is 6.13. The highest BCUT2D eigenvalue weighted by molar-refractivity contribution is 14.1. The highest BCUT2D eigenvalue weighted by Crippen LogP contribution is 2.34. The van der Waals surface area contributed by atoms with E-state index in [0.29, 0.717) is 14.9 Å². The molecule has 3 rings (SSSR count). The minimum absolute atomic E-state index is 0.0985. The highest BCUT2D eigenvalue weighted by Gasteiger charge is 2.35. The second-order valence-corrected chi connectivity index (χ2v) is 8.65. The number of nitrogens with one attached hydrogen (secondary N) is 1. The second kappa shape index (κ2) is 10.6. The Hall–Kier alpha value is -2.21. The zero-order chi connectivity index (χ0) is 23.4. The first-order valence-corrected chi connectivity index (χ1v) is 11.4. The molecule has 0 bridgehead atoms. The number of esters is 1. The van der Waals surface area contributed by atoms with Gasteiger partial charge in [-0.05, 0) is 77.6 Å². The molecule has 1 aliphatic heterocycles. The molecule has 1 heterocycles. The standard InChI is InChI=1S/C21H15Cl2IN2O5S/c1-2-30-17(27)10-31-16-7-6-11(9-14(16)24)8-12-19(28)25-21(32)26(20(12)29)15-5-3-4-13(22)18(15)23/h3-9H,2,10H2,1H3,(H,25,28,32)/b12-8+. The van der Waals surface area contributed by atoms with Crippen LogP contribution < -0.4 is 15.0 Å². The van der Waals surface area contributed by atoms with Crippen LogP contribution in [0.3, 0.4) is 0 Å². The van der Waals surface area contributed by atoms with Crippen LogP contribution in [0, 0.1) is 3.57 Å². The van der Waals surface area contributed by atoms with Crippen LogP contribution in [0.2, 0.25) is 10.0 Å². The van der Waals surface area contributed by atoms with Crippen molar-refractivity contribution >= 4 is 92.7 Å². The molecule has 7 nitrogen and oxygen atoms in total. The average Bonchev–Trinajstić information content (AvgIpc) is 2.73. The largest absolute Gasteiger partial charge is 0.481 e. The zero-order valence-electron chi connectivity index (χ0n) is 16.5. The number of hydrogen-bond donors (Lipinski definition) is 1. The van der Waals surface area contributed by atoms with Crippen molar-refractivity contribution in [3.05, 3.63) is 61.2 Å². The number of carbonyl (C=O) groups is 3. The molecule has 0 unspecified atom stereocenters. The molecule has 11 heteroatoms. The van der Waals surface area contributed by atoms with E-state index in [-0.39, 0.29) is 39.6 Å². The van der Waals surface area contributed by atoms with E-state index in [2.05, 4.69) is 5.32 Å². The number of thiocarbonyl (C=S) groups is 1. The van der Waals surface area contributed by atoms with Gasteiger partial charge in [-0.2, -0.15) is 0 Å². The first kappa shape index (κ1) is 24.4. The molecule has 0 radical (unpaired) electrons. The Morgan fingerprint density at radius 1 is 1.25 bits per heavy atom. The van der Waals surface area contributed by atoms with E-state index in [1.54, 1.807) is 43.3 Å². The Morgan fingerprint density at radius 3 is 2.69 bits per heavy atom. The lowest BCUT2D eigenvalue weighted by Gasteiger charge is -2.29. The number of ether oxygens (including phenoxy) is 2. The van der Waals surface area contributed by atoms with Crippen LogP contribution >= 0.6 is 58.0 Å². The molecule has 0 atom stereocenters. The fourth-order valence-electron chi connectivity index (χ4n) is 2.77. The van der Waals surface area contributed by atoms with E-state index < -0.39 is 17.8 Å². The van der Waals surface area contributed by atoms with Crippen LogP contribution in [0.1, 0.15) is 12.5 Å². The van der Waals surface area contributed by atoms with Crippen molar-refractivity contribution in [1.82, 2.24) is 5.32 Å². The van der Waals surface area contributed by atoms with Gasteiger partial charge in [0.25, 0.3) is 11.8 Å². The maximum atomic E-state index is 13.1. The van der Waals surface area contributed by atoms with Gasteiger partial charge >= 0.3 is 5.97 Å². The number of halogens is 3. The van der Waals surface area contributed by atoms with Gasteiger partial charge in [-0.15, -0.1) is 0 Å². The number of hydrogen-bond acceptors (Lipinski definition) is 6. The smallest absolute Gasteiger partial charge is 0.344 e. The first-order valence-electron chi connectivity index (χ1n) is 9.16. The minimum Gasteiger partial charge on any atom is -0.481 e. The normalized spacial score (nSPS) is 15.1. The van der Waals surface area contributed by atoms with Gasteiger partial charge in [0.05, 0.1) is 25.9 Å². The lowest BCUT2D eigenvalue weighted by atomic mass is 10.1. The van der Waals surface area contributed by atoms with Gasteiger partial charge in [0, 0.05) is 0 Å². The van der Waals surface area contributed by atoms with Crippen molar-refractivity contribution in [1.29, 1.82) is 0 Å². The molecule has 0 aliphatic carbocycles. The molecule has 0 spiro atoms. The third-order valence-electron chi connectivity index (χ3n) is 4.19. The van der Waals surface area contributed by atoms with E-state index in [4.69, 9.17) is 44.9 Å². The quantitative estimate of drug-likeness (QED) is 0.173. The Bertz CT molecular complexity index is 1160. The number of anilines is 1. The summed E-state index contributed by atoms with van der Waals surface area (Å²) in [5.41, 5.74) is 0.698. The van der Waals surface area contributed by atoms with Crippen molar-refractivity contribution in [2.45, 2.75) is 6.92 Å². The Labute approximate surface area is 212 Å². The zero-order valence-corrected chi connectivity index (χ0v) is 21.0. The lowest BCUT2D eigenvalue weighted by molar-refractivity contribution is -0.145. The summed E-state index contributed by atoms with van der Waals surface area (Å²) >= 11 is 19.5. The van der Waals surface area contributed by atoms with Gasteiger partial charge in [-0.3, -0.25) is 19.8 Å². The fourth-order valence-corrected chi connectivity index (χ4v) is 4.12. The van der Waals surface area contributed by atoms with Crippen molar-refractivity contribution in [3.63, 3.8) is 0 Å². The monoisotopic (exact) mass is 604 g/mol. The number of carbonyl (C=O) groups excluding carboxylic acids is 3. The van der Waals surface area contributed by atoms with Crippen molar-refractivity contribution in [3.8, 4) is 5.75 Å². The summed E-state index contributed by atoms with van der Waals surface area (Å²) in [6.45, 7) is 1.75. The van der Waals surface area contributed by atoms with E-state index >= 15 is 0 Å². The second-order valence-electron chi connectivity index (χ2n) is 6.31. The van der Waals surface area contributed by atoms with Gasteiger partial charge in [0.1, 0.15) is 11.3 Å². The maximum Gasteiger partial charge on any atom is 0.344 e. The van der Waals surface area contributed by atoms with Gasteiger partial charge in [0.15, 0.2) is 11.7 Å². The van der Waals surface area contributed by atoms with E-state index in [1.165, 1.54) is 6.08 Å². The van der Waals surface area contributed by atoms with E-state index in [1.807, 2.05) is 22.6 Å². The van der Waals surface area contributed by atoms with Gasteiger partial charge < -0.3 is 9.47 Å². The molecule has 0 aromatic heterocycles. The van der Waals surface area contributed by atoms with Gasteiger partial charge in [-0.1, -0.05) is 35.3 Å². The van der Waals surface area contributed by atoms with E-state index in [9.17, 15) is 14.4 Å². The highest BCUT2D eigenvalue weighted by atomic mass is 127. The van der Waals surface area contributed by atoms with Crippen molar-refractivity contribution in [2.24, 2.45) is 0 Å². The number of rotatable bonds is 6. The van der Waals surface area contributed by atoms with Gasteiger partial charge in [-0.25, -0.2) is 4.79 Å². The molecular formula is C21H15Cl2IN2O5S. The van der Waals surface area contributed by atoms with Crippen molar-refractivity contribution < 1.29 is 23.9 Å². The Morgan fingerprint density at radius 2 is 2.00 bits per heavy atom. The molecule has 0 saturated carbocycles. The Balaban J connectivity index is 1.88. The summed E-state index contributed by atoms with van der Waals surface area (Å²) in [7, 11) is 0. The number of benzene rings is 2. The molecule has 2 aromatic carbocycles. The minimum atomic E-state index is -0.638. The van der Waals surface area contributed by atoms with Gasteiger partial charge in [0.2, 0.25) is 0 Å². The summed E-state index contributed by atoms with van der Waals surface area (Å²) in [4.78, 5) is 38.2. The molecule has 1 saturated heterocycles. The predicted molar refractivity (Wildman–Crippen MR) is 134 cm³/mol. The number of nitrogens with zero attached hydrogens (tertiary/aromatic N) is 1. The molecule has 1 N–H and O–H groups in total. The molecule has 32 heavy (non-hydrogen) atoms. The average molecular weight is 605 g/mol. The van der Waals surface area contributed by atoms with E-state index in [0.717, 1.165) is 4.90 Å². The summed E-state index contributed by atoms with van der Waals surface area (Å²) in [5, 5.41) is 2.78. The van der Waals surface area contributed by atoms with Crippen molar-refractivity contribution in [2.75, 3.05) is 18.1 Å². The molecular weight excluding hydrogens is 590 g/mol. The molecule has 166 valence electrons. The maximum absolute atomic E-state index is 13.1. The lowest BCUT2D eigenvalue weighted by Crippen LogP contribution is -2.54. The molecule has 1 aliphatic rings. The van der Waals surface area contributed by atoms with Crippen LogP contribution in [0.25, 0.3) is 6.08 Å². The molecule has 1 fully saturated rings. The summed E-state index contributed by atoms with van der Waals surface area (Å²) < 4.78 is 11.0. The summed E-state index contributed by atoms with van der Waals surface area (Å²) in [5.74, 6) is -1.28. The molecule has 2 amide bonds. The van der Waals surface area contributed by atoms with Crippen LogP contribution in [0.4, 0.5) is 5.69 Å². The Kier molecular flexibility index (Phi) is 8.10. The van der Waals surface area contributed by atoms with Crippen LogP contribution in [-0.2, 0) is 19.1 Å². The van der Waals surface area contributed by atoms with Crippen LogP contribution in [0.5, 0.6) is 5.75 Å². The van der Waals surface area contributed by atoms with Crippen LogP contribution in [0.15, 0.2) is 42.0 Å². The first-order chi connectivity index (χ1) is 15.2. The number of amides is 2. The summed E-state index contributed by atoms with van der Waals surface area (Å²) in [6, 6.07) is 9.77. The predicted octanol–water partition coefficient (Wildman–Crippen LogP) is 4.37. The SMILES string of the molecule is CCOC(=O)COc1ccc(/C=C2\C(=O)NC(=S)N(c3cccc(Cl)c3Cl)C2=O)cc1I. The fraction of sp³-hybridized carbons (Fsp3) is 0.143. The molecule has 2 aromatic rings.